The van der Waals surface area contributed by atoms with Gasteiger partial charge in [0.1, 0.15) is 31.5 Å². The molecule has 0 radical (unpaired) electrons. The highest BCUT2D eigenvalue weighted by Gasteiger charge is 2.28. The highest BCUT2D eigenvalue weighted by molar-refractivity contribution is 7.47. The first-order valence-electron chi connectivity index (χ1n) is 23.9. The number of unbranched alkanes of at least 4 members (excludes halogenated alkanes) is 7. The SMILES string of the molecule is CC/C=C\C/C=C\C/C=C\C/C=C\C/C=C\C/C=C\CCCCC(=O)OCC(O)COP(=O)(O)OCC(O)COP(=O)(O)OCC(O)COC(=O)CCCCCCC\C=C/C=C/C=C/C=C/CC. The third-order valence-electron chi connectivity index (χ3n) is 9.01. The van der Waals surface area contributed by atoms with Gasteiger partial charge in [-0.05, 0) is 83.5 Å². The summed E-state index contributed by atoms with van der Waals surface area (Å²) in [6.45, 7) is 0.0431. The molecule has 15 nitrogen and oxygen atoms in total. The van der Waals surface area contributed by atoms with Gasteiger partial charge >= 0.3 is 27.6 Å². The van der Waals surface area contributed by atoms with E-state index in [1.54, 1.807) is 0 Å². The fraction of sp³-hybridized carbons (Fsp3) is 0.569. The number of rotatable bonds is 44. The van der Waals surface area contributed by atoms with Gasteiger partial charge in [0.2, 0.25) is 0 Å². The molecule has 68 heavy (non-hydrogen) atoms. The summed E-state index contributed by atoms with van der Waals surface area (Å²) in [6.07, 6.45) is 51.9. The second kappa shape index (κ2) is 45.9. The smallest absolute Gasteiger partial charge is 0.463 e. The number of hydrogen-bond acceptors (Lipinski definition) is 13. The standard InChI is InChI=1S/C51H82O15P2/c1-3-5-7-9-11-13-15-17-19-20-21-22-23-24-26-28-30-32-34-36-38-40-51(56)62-42-48(53)44-64-68(59,60)66-46-49(54)45-65-67(57,58)63-43-47(52)41-61-50(55)39-37-35-33-31-29-27-25-18-16-14-12-10-8-6-4-2/h5-8,10-14,16-19,21-22,24-26,30,32,47-49,52-54H,3-4,9,15,20,23,27-29,31,33-46H2,1-2H3,(H,57,58)(H,59,60)/b7-5-,8-6+,12-10+,13-11-,16-14+,19-17-,22-21-,25-18-,26-24-,32-30-. The van der Waals surface area contributed by atoms with Gasteiger partial charge in [0.25, 0.3) is 0 Å². The highest BCUT2D eigenvalue weighted by atomic mass is 31.2. The summed E-state index contributed by atoms with van der Waals surface area (Å²) in [5, 5.41) is 30.0. The zero-order valence-corrected chi connectivity index (χ0v) is 42.3. The lowest BCUT2D eigenvalue weighted by molar-refractivity contribution is -0.148. The maximum Gasteiger partial charge on any atom is 0.472 e. The second-order valence-electron chi connectivity index (χ2n) is 15.4. The second-order valence-corrected chi connectivity index (χ2v) is 18.4. The number of phosphoric acid groups is 2. The molecule has 386 valence electrons. The molecule has 0 aliphatic heterocycles. The van der Waals surface area contributed by atoms with Crippen LogP contribution in [0.2, 0.25) is 0 Å². The molecule has 0 aromatic heterocycles. The van der Waals surface area contributed by atoms with Crippen molar-refractivity contribution < 1.29 is 71.4 Å². The molecule has 0 saturated carbocycles. The van der Waals surface area contributed by atoms with Crippen molar-refractivity contribution in [3.63, 3.8) is 0 Å². The topological polar surface area (TPSA) is 225 Å². The van der Waals surface area contributed by atoms with E-state index < -0.39 is 85.5 Å². The van der Waals surface area contributed by atoms with E-state index in [0.29, 0.717) is 12.8 Å². The van der Waals surface area contributed by atoms with Crippen LogP contribution in [0.3, 0.4) is 0 Å². The van der Waals surface area contributed by atoms with E-state index in [1.807, 2.05) is 36.5 Å². The molecule has 0 aromatic carbocycles. The maximum absolute atomic E-state index is 12.2. The Hall–Kier alpha value is -3.56. The molecule has 0 amide bonds. The zero-order chi connectivity index (χ0) is 50.2. The first-order valence-corrected chi connectivity index (χ1v) is 26.9. The van der Waals surface area contributed by atoms with Gasteiger partial charge in [-0.15, -0.1) is 0 Å². The van der Waals surface area contributed by atoms with Gasteiger partial charge in [0, 0.05) is 12.8 Å². The van der Waals surface area contributed by atoms with Gasteiger partial charge in [-0.3, -0.25) is 27.7 Å². The highest BCUT2D eigenvalue weighted by Crippen LogP contribution is 2.45. The number of allylic oxidation sites excluding steroid dienone is 20. The van der Waals surface area contributed by atoms with Crippen LogP contribution in [0, 0.1) is 0 Å². The van der Waals surface area contributed by atoms with Crippen molar-refractivity contribution in [1.82, 2.24) is 0 Å². The van der Waals surface area contributed by atoms with E-state index in [4.69, 9.17) is 9.47 Å². The summed E-state index contributed by atoms with van der Waals surface area (Å²) in [5.74, 6) is -1.07. The first-order chi connectivity index (χ1) is 32.8. The number of ether oxygens (including phenoxy) is 2. The van der Waals surface area contributed by atoms with E-state index in [1.165, 1.54) is 0 Å². The largest absolute Gasteiger partial charge is 0.472 e. The summed E-state index contributed by atoms with van der Waals surface area (Å²) in [6, 6.07) is 0. The molecule has 5 unspecified atom stereocenters. The fourth-order valence-corrected chi connectivity index (χ4v) is 6.93. The number of carbonyl (C=O) groups is 2. The van der Waals surface area contributed by atoms with E-state index in [-0.39, 0.29) is 12.8 Å². The van der Waals surface area contributed by atoms with Crippen LogP contribution in [0.15, 0.2) is 122 Å². The average molecular weight is 997 g/mol. The summed E-state index contributed by atoms with van der Waals surface area (Å²) in [7, 11) is -9.61. The number of phosphoric ester groups is 2. The molecular weight excluding hydrogens is 914 g/mol. The predicted molar refractivity (Wildman–Crippen MR) is 269 cm³/mol. The Morgan fingerprint density at radius 1 is 0.397 bits per heavy atom. The molecule has 0 bridgehead atoms. The van der Waals surface area contributed by atoms with Crippen LogP contribution in [0.1, 0.15) is 129 Å². The first kappa shape index (κ1) is 64.4. The van der Waals surface area contributed by atoms with E-state index in [9.17, 15) is 43.8 Å². The Balaban J connectivity index is 3.99. The van der Waals surface area contributed by atoms with Crippen molar-refractivity contribution in [2.24, 2.45) is 0 Å². The summed E-state index contributed by atoms with van der Waals surface area (Å²) >= 11 is 0. The van der Waals surface area contributed by atoms with Crippen LogP contribution in [-0.4, -0.2) is 95.0 Å². The van der Waals surface area contributed by atoms with Crippen LogP contribution >= 0.6 is 15.6 Å². The van der Waals surface area contributed by atoms with Crippen molar-refractivity contribution >= 4 is 27.6 Å². The normalized spacial score (nSPS) is 16.0. The fourth-order valence-electron chi connectivity index (χ4n) is 5.34. The molecule has 5 atom stereocenters. The molecular formula is C51H82O15P2. The molecule has 0 aromatic rings. The summed E-state index contributed by atoms with van der Waals surface area (Å²) in [5.41, 5.74) is 0. The molecule has 0 spiro atoms. The monoisotopic (exact) mass is 997 g/mol. The number of aliphatic hydroxyl groups is 3. The van der Waals surface area contributed by atoms with Crippen LogP contribution in [0.25, 0.3) is 0 Å². The van der Waals surface area contributed by atoms with Gasteiger partial charge in [-0.25, -0.2) is 9.13 Å². The molecule has 0 rings (SSSR count). The number of carbonyl (C=O) groups excluding carboxylic acids is 2. The van der Waals surface area contributed by atoms with E-state index in [0.717, 1.165) is 89.9 Å². The molecule has 17 heteroatoms. The predicted octanol–water partition coefficient (Wildman–Crippen LogP) is 11.0. The van der Waals surface area contributed by atoms with Crippen molar-refractivity contribution in [3.05, 3.63) is 122 Å². The molecule has 5 N–H and O–H groups in total. The van der Waals surface area contributed by atoms with Gasteiger partial charge in [-0.1, -0.05) is 155 Å². The van der Waals surface area contributed by atoms with Crippen LogP contribution < -0.4 is 0 Å². The minimum Gasteiger partial charge on any atom is -0.463 e. The Kier molecular flexibility index (Phi) is 43.5. The van der Waals surface area contributed by atoms with Crippen LogP contribution in [0.4, 0.5) is 0 Å². The third kappa shape index (κ3) is 47.5. The molecule has 0 aliphatic rings. The van der Waals surface area contributed by atoms with Crippen LogP contribution in [-0.2, 0) is 46.3 Å². The van der Waals surface area contributed by atoms with Crippen molar-refractivity contribution in [2.75, 3.05) is 39.6 Å². The number of esters is 2. The van der Waals surface area contributed by atoms with Gasteiger partial charge in [-0.2, -0.15) is 0 Å². The van der Waals surface area contributed by atoms with Gasteiger partial charge in [0.05, 0.1) is 26.4 Å². The number of aliphatic hydroxyl groups excluding tert-OH is 3. The van der Waals surface area contributed by atoms with Crippen molar-refractivity contribution in [3.8, 4) is 0 Å². The zero-order valence-electron chi connectivity index (χ0n) is 40.5. The van der Waals surface area contributed by atoms with Gasteiger partial charge < -0.3 is 34.6 Å². The Morgan fingerprint density at radius 2 is 0.706 bits per heavy atom. The Labute approximate surface area is 406 Å². The van der Waals surface area contributed by atoms with E-state index in [2.05, 4.69) is 117 Å². The van der Waals surface area contributed by atoms with Crippen LogP contribution in [0.5, 0.6) is 0 Å². The third-order valence-corrected chi connectivity index (χ3v) is 10.9. The minimum absolute atomic E-state index is 0.134. The summed E-state index contributed by atoms with van der Waals surface area (Å²) in [4.78, 5) is 43.8. The lowest BCUT2D eigenvalue weighted by atomic mass is 10.1. The van der Waals surface area contributed by atoms with Crippen molar-refractivity contribution in [2.45, 2.75) is 148 Å². The Bertz CT molecular complexity index is 1680. The lowest BCUT2D eigenvalue weighted by Gasteiger charge is -2.19. The molecule has 0 aliphatic carbocycles. The minimum atomic E-state index is -4.81. The maximum atomic E-state index is 12.2. The quantitative estimate of drug-likeness (QED) is 0.0126. The number of hydrogen-bond donors (Lipinski definition) is 5. The average Bonchev–Trinajstić information content (AvgIpc) is 3.31. The molecule has 0 fully saturated rings. The molecule has 0 saturated heterocycles. The van der Waals surface area contributed by atoms with Gasteiger partial charge in [0.15, 0.2) is 0 Å². The van der Waals surface area contributed by atoms with E-state index >= 15 is 0 Å². The van der Waals surface area contributed by atoms with Crippen molar-refractivity contribution in [1.29, 1.82) is 0 Å². The lowest BCUT2D eigenvalue weighted by Crippen LogP contribution is -2.25. The Morgan fingerprint density at radius 3 is 1.15 bits per heavy atom. The summed E-state index contributed by atoms with van der Waals surface area (Å²) < 4.78 is 52.9. The molecule has 0 heterocycles.